The van der Waals surface area contributed by atoms with E-state index in [4.69, 9.17) is 0 Å². The fourth-order valence-electron chi connectivity index (χ4n) is 3.62. The van der Waals surface area contributed by atoms with E-state index in [1.54, 1.807) is 24.3 Å². The molecule has 0 unspecified atom stereocenters. The molecular formula is C22H22F2N4O. The fourth-order valence-corrected chi connectivity index (χ4v) is 3.62. The summed E-state index contributed by atoms with van der Waals surface area (Å²) >= 11 is 0. The predicted octanol–water partition coefficient (Wildman–Crippen LogP) is 3.68. The van der Waals surface area contributed by atoms with E-state index in [1.807, 2.05) is 6.07 Å². The second-order valence-corrected chi connectivity index (χ2v) is 7.30. The van der Waals surface area contributed by atoms with E-state index in [0.717, 1.165) is 42.0 Å². The minimum absolute atomic E-state index is 0.0302. The van der Waals surface area contributed by atoms with Gasteiger partial charge in [0.15, 0.2) is 5.82 Å². The van der Waals surface area contributed by atoms with Crippen LogP contribution in [0.5, 0.6) is 0 Å². The Labute approximate surface area is 167 Å². The molecule has 1 aliphatic rings. The number of carbonyl (C=O) groups is 1. The second-order valence-electron chi connectivity index (χ2n) is 7.30. The van der Waals surface area contributed by atoms with E-state index in [0.29, 0.717) is 6.54 Å². The number of amides is 1. The van der Waals surface area contributed by atoms with Crippen molar-refractivity contribution in [1.29, 1.82) is 0 Å². The number of benzene rings is 2. The SMILES string of the molecule is O=C(Cc1ccc(F)cc1)N[C@H]1CCCN(c2cc(-c3ccc(F)cc3)[nH]n2)C1. The van der Waals surface area contributed by atoms with Crippen molar-refractivity contribution in [2.45, 2.75) is 25.3 Å². The van der Waals surface area contributed by atoms with Gasteiger partial charge < -0.3 is 10.2 Å². The molecule has 3 aromatic rings. The fraction of sp³-hybridized carbons (Fsp3) is 0.273. The van der Waals surface area contributed by atoms with Crippen LogP contribution < -0.4 is 10.2 Å². The lowest BCUT2D eigenvalue weighted by molar-refractivity contribution is -0.121. The minimum Gasteiger partial charge on any atom is -0.353 e. The van der Waals surface area contributed by atoms with Gasteiger partial charge in [0.1, 0.15) is 11.6 Å². The highest BCUT2D eigenvalue weighted by Crippen LogP contribution is 2.24. The van der Waals surface area contributed by atoms with Crippen LogP contribution in [-0.4, -0.2) is 35.2 Å². The molecule has 0 saturated carbocycles. The van der Waals surface area contributed by atoms with Gasteiger partial charge in [0.2, 0.25) is 5.91 Å². The third kappa shape index (κ3) is 4.80. The lowest BCUT2D eigenvalue weighted by Crippen LogP contribution is -2.48. The Bertz CT molecular complexity index is 969. The molecule has 150 valence electrons. The Hall–Kier alpha value is -3.22. The summed E-state index contributed by atoms with van der Waals surface area (Å²) in [7, 11) is 0. The molecule has 5 nitrogen and oxygen atoms in total. The van der Waals surface area contributed by atoms with Crippen molar-refractivity contribution in [2.24, 2.45) is 0 Å². The summed E-state index contributed by atoms with van der Waals surface area (Å²) in [6.45, 7) is 1.53. The second kappa shape index (κ2) is 8.43. The highest BCUT2D eigenvalue weighted by Gasteiger charge is 2.23. The van der Waals surface area contributed by atoms with Gasteiger partial charge >= 0.3 is 0 Å². The highest BCUT2D eigenvalue weighted by molar-refractivity contribution is 5.79. The number of aromatic nitrogens is 2. The van der Waals surface area contributed by atoms with Crippen molar-refractivity contribution >= 4 is 11.7 Å². The van der Waals surface area contributed by atoms with E-state index in [9.17, 15) is 13.6 Å². The third-order valence-electron chi connectivity index (χ3n) is 5.11. The van der Waals surface area contributed by atoms with Crippen LogP contribution in [0.4, 0.5) is 14.6 Å². The van der Waals surface area contributed by atoms with Crippen LogP contribution in [0.15, 0.2) is 54.6 Å². The van der Waals surface area contributed by atoms with E-state index < -0.39 is 0 Å². The number of H-pyrrole nitrogens is 1. The van der Waals surface area contributed by atoms with Gasteiger partial charge in [-0.1, -0.05) is 12.1 Å². The molecule has 1 aromatic heterocycles. The smallest absolute Gasteiger partial charge is 0.224 e. The molecule has 1 amide bonds. The number of piperidine rings is 1. The molecule has 1 aliphatic heterocycles. The van der Waals surface area contributed by atoms with Gasteiger partial charge in [0, 0.05) is 25.2 Å². The average molecular weight is 396 g/mol. The zero-order valence-corrected chi connectivity index (χ0v) is 15.9. The Balaban J connectivity index is 1.36. The monoisotopic (exact) mass is 396 g/mol. The van der Waals surface area contributed by atoms with Crippen LogP contribution in [0, 0.1) is 11.6 Å². The van der Waals surface area contributed by atoms with Crippen LogP contribution in [0.1, 0.15) is 18.4 Å². The summed E-state index contributed by atoms with van der Waals surface area (Å²) in [6.07, 6.45) is 2.08. The predicted molar refractivity (Wildman–Crippen MR) is 107 cm³/mol. The number of hydrogen-bond acceptors (Lipinski definition) is 3. The van der Waals surface area contributed by atoms with Crippen LogP contribution in [0.2, 0.25) is 0 Å². The molecule has 2 heterocycles. The van der Waals surface area contributed by atoms with Crippen LogP contribution in [0.25, 0.3) is 11.3 Å². The Morgan fingerprint density at radius 3 is 2.52 bits per heavy atom. The molecule has 4 rings (SSSR count). The summed E-state index contributed by atoms with van der Waals surface area (Å²) in [4.78, 5) is 14.5. The third-order valence-corrected chi connectivity index (χ3v) is 5.11. The number of nitrogens with one attached hydrogen (secondary N) is 2. The van der Waals surface area contributed by atoms with E-state index in [-0.39, 0.29) is 30.0 Å². The Kier molecular flexibility index (Phi) is 5.55. The summed E-state index contributed by atoms with van der Waals surface area (Å²) in [5, 5.41) is 10.5. The molecule has 0 bridgehead atoms. The number of hydrogen-bond donors (Lipinski definition) is 2. The molecule has 1 saturated heterocycles. The Morgan fingerprint density at radius 1 is 1.10 bits per heavy atom. The number of aromatic amines is 1. The number of nitrogens with zero attached hydrogens (tertiary/aromatic N) is 2. The lowest BCUT2D eigenvalue weighted by atomic mass is 10.0. The first-order valence-corrected chi connectivity index (χ1v) is 9.67. The normalized spacial score (nSPS) is 16.6. The largest absolute Gasteiger partial charge is 0.353 e. The first kappa shape index (κ1) is 19.1. The number of anilines is 1. The highest BCUT2D eigenvalue weighted by atomic mass is 19.1. The van der Waals surface area contributed by atoms with Gasteiger partial charge in [-0.3, -0.25) is 9.89 Å². The molecule has 0 spiro atoms. The maximum atomic E-state index is 13.1. The average Bonchev–Trinajstić information content (AvgIpc) is 3.21. The van der Waals surface area contributed by atoms with Gasteiger partial charge in [0.25, 0.3) is 0 Å². The summed E-state index contributed by atoms with van der Waals surface area (Å²) < 4.78 is 26.1. The zero-order valence-electron chi connectivity index (χ0n) is 15.9. The molecule has 2 aromatic carbocycles. The topological polar surface area (TPSA) is 61.0 Å². The maximum absolute atomic E-state index is 13.1. The van der Waals surface area contributed by atoms with Gasteiger partial charge in [-0.15, -0.1) is 0 Å². The quantitative estimate of drug-likeness (QED) is 0.692. The zero-order chi connectivity index (χ0) is 20.2. The van der Waals surface area contributed by atoms with Crippen molar-refractivity contribution in [3.05, 3.63) is 71.8 Å². The van der Waals surface area contributed by atoms with E-state index in [1.165, 1.54) is 24.3 Å². The molecule has 29 heavy (non-hydrogen) atoms. The van der Waals surface area contributed by atoms with E-state index >= 15 is 0 Å². The standard InChI is InChI=1S/C22H22F2N4O/c23-17-7-3-15(4-8-17)12-22(29)25-19-2-1-11-28(14-19)21-13-20(26-27-21)16-5-9-18(24)10-6-16/h3-10,13,19H,1-2,11-12,14H2,(H,25,29)(H,26,27)/t19-/m0/s1. The molecular weight excluding hydrogens is 374 g/mol. The summed E-state index contributed by atoms with van der Waals surface area (Å²) in [5.74, 6) is 0.152. The van der Waals surface area contributed by atoms with Crippen molar-refractivity contribution in [3.8, 4) is 11.3 Å². The molecule has 0 radical (unpaired) electrons. The molecule has 1 fully saturated rings. The van der Waals surface area contributed by atoms with Crippen molar-refractivity contribution in [1.82, 2.24) is 15.5 Å². The number of carbonyl (C=O) groups excluding carboxylic acids is 1. The first-order valence-electron chi connectivity index (χ1n) is 9.67. The molecule has 0 aliphatic carbocycles. The van der Waals surface area contributed by atoms with Crippen molar-refractivity contribution in [2.75, 3.05) is 18.0 Å². The van der Waals surface area contributed by atoms with Gasteiger partial charge in [0.05, 0.1) is 12.1 Å². The summed E-state index contributed by atoms with van der Waals surface area (Å²) in [5.41, 5.74) is 2.47. The van der Waals surface area contributed by atoms with Crippen molar-refractivity contribution < 1.29 is 13.6 Å². The molecule has 7 heteroatoms. The first-order chi connectivity index (χ1) is 14.1. The minimum atomic E-state index is -0.309. The summed E-state index contributed by atoms with van der Waals surface area (Å²) in [6, 6.07) is 14.2. The van der Waals surface area contributed by atoms with Crippen LogP contribution in [0.3, 0.4) is 0 Å². The molecule has 1 atom stereocenters. The number of halogens is 2. The Morgan fingerprint density at radius 2 is 1.79 bits per heavy atom. The number of rotatable bonds is 5. The lowest BCUT2D eigenvalue weighted by Gasteiger charge is -2.33. The van der Waals surface area contributed by atoms with Crippen LogP contribution in [-0.2, 0) is 11.2 Å². The van der Waals surface area contributed by atoms with Gasteiger partial charge in [-0.05, 0) is 60.4 Å². The van der Waals surface area contributed by atoms with E-state index in [2.05, 4.69) is 20.4 Å². The molecule has 2 N–H and O–H groups in total. The van der Waals surface area contributed by atoms with Gasteiger partial charge in [-0.2, -0.15) is 5.10 Å². The van der Waals surface area contributed by atoms with Crippen LogP contribution >= 0.6 is 0 Å². The van der Waals surface area contributed by atoms with Crippen molar-refractivity contribution in [3.63, 3.8) is 0 Å². The van der Waals surface area contributed by atoms with Gasteiger partial charge in [-0.25, -0.2) is 8.78 Å². The maximum Gasteiger partial charge on any atom is 0.224 e.